The van der Waals surface area contributed by atoms with Gasteiger partial charge >= 0.3 is 5.88 Å². The van der Waals surface area contributed by atoms with Gasteiger partial charge in [0.2, 0.25) is 0 Å². The first-order valence-corrected chi connectivity index (χ1v) is 8.50. The highest BCUT2D eigenvalue weighted by Crippen LogP contribution is 2.34. The largest absolute Gasteiger partial charge is 0.446 e. The molecule has 122 valence electrons. The van der Waals surface area contributed by atoms with Crippen LogP contribution in [0.5, 0.6) is 5.88 Å². The van der Waals surface area contributed by atoms with E-state index in [-0.39, 0.29) is 0 Å². The lowest BCUT2D eigenvalue weighted by Crippen LogP contribution is -2.68. The molecule has 3 rings (SSSR count). The molecule has 2 heterocycles. The van der Waals surface area contributed by atoms with Crippen LogP contribution in [-0.2, 0) is 0 Å². The summed E-state index contributed by atoms with van der Waals surface area (Å²) in [6.07, 6.45) is 2.06. The minimum atomic E-state index is -4.94. The predicted octanol–water partition coefficient (Wildman–Crippen LogP) is -1.29. The van der Waals surface area contributed by atoms with E-state index in [4.69, 9.17) is 23.4 Å². The fraction of sp³-hybridized carbons (Fsp3) is 0.133. The average molecular weight is 356 g/mol. The Morgan fingerprint density at radius 2 is 1.65 bits per heavy atom. The van der Waals surface area contributed by atoms with Crippen LogP contribution >= 0.6 is 11.3 Å². The number of hydrogen-bond acceptors (Lipinski definition) is 6. The van der Waals surface area contributed by atoms with E-state index >= 15 is 0 Å². The summed E-state index contributed by atoms with van der Waals surface area (Å²) in [4.78, 5) is 2.37. The Morgan fingerprint density at radius 3 is 2.22 bits per heavy atom. The molecule has 1 aromatic carbocycles. The first-order valence-electron chi connectivity index (χ1n) is 6.45. The molecule has 0 radical (unpaired) electrons. The summed E-state index contributed by atoms with van der Waals surface area (Å²) in [6, 6.07) is 14.6. The fourth-order valence-corrected chi connectivity index (χ4v) is 3.26. The Hall–Kier alpha value is -1.74. The first kappa shape index (κ1) is 17.6. The van der Waals surface area contributed by atoms with Crippen LogP contribution in [0.1, 0.15) is 5.56 Å². The molecule has 0 saturated heterocycles. The number of ether oxygens (including phenoxy) is 1. The van der Waals surface area contributed by atoms with Gasteiger partial charge in [0.15, 0.2) is 11.1 Å². The van der Waals surface area contributed by atoms with Crippen LogP contribution < -0.4 is 27.8 Å². The quantitative estimate of drug-likeness (QED) is 0.532. The molecule has 0 aliphatic heterocycles. The van der Waals surface area contributed by atoms with Crippen LogP contribution in [0.25, 0.3) is 15.3 Å². The van der Waals surface area contributed by atoms with Gasteiger partial charge in [-0.05, 0) is 12.5 Å². The van der Waals surface area contributed by atoms with E-state index in [1.54, 1.807) is 18.4 Å². The number of hydrogen-bond donors (Lipinski definition) is 0. The van der Waals surface area contributed by atoms with Gasteiger partial charge in [-0.15, -0.1) is 14.6 Å². The number of thiazole rings is 1. The van der Waals surface area contributed by atoms with E-state index in [1.165, 1.54) is 20.8 Å². The SMILES string of the molecule is COc1c(-c2ccccc2)sc2cc(C)cc[n+]12.[O-][Cl+3]([O-])([O-])[O-]. The van der Waals surface area contributed by atoms with Crippen molar-refractivity contribution in [2.75, 3.05) is 7.11 Å². The molecule has 0 spiro atoms. The standard InChI is InChI=1S/C15H14NOS.ClHO4/c1-11-8-9-16-13(10-11)18-14(15(16)17-2)12-6-4-3-5-7-12;2-1(3,4)5/h3-10H,1-2H3;(H,2,3,4,5)/q+1;/p-1. The number of halogens is 1. The lowest BCUT2D eigenvalue weighted by molar-refractivity contribution is -2.00. The van der Waals surface area contributed by atoms with Gasteiger partial charge in [0.25, 0.3) is 4.83 Å². The van der Waals surface area contributed by atoms with Crippen molar-refractivity contribution in [2.24, 2.45) is 0 Å². The number of benzene rings is 1. The maximum absolute atomic E-state index is 8.49. The Balaban J connectivity index is 0.000000338. The Morgan fingerprint density at radius 1 is 1.04 bits per heavy atom. The number of pyridine rings is 1. The summed E-state index contributed by atoms with van der Waals surface area (Å²) in [5.74, 6) is 0.904. The molecule has 0 aliphatic rings. The van der Waals surface area contributed by atoms with Gasteiger partial charge in [-0.3, -0.25) is 0 Å². The van der Waals surface area contributed by atoms with Crippen LogP contribution in [0.4, 0.5) is 0 Å². The van der Waals surface area contributed by atoms with E-state index in [2.05, 4.69) is 53.9 Å². The molecule has 0 unspecified atom stereocenters. The molecule has 8 heteroatoms. The molecule has 0 amide bonds. The van der Waals surface area contributed by atoms with Crippen LogP contribution in [-0.4, -0.2) is 7.11 Å². The Bertz CT molecular complexity index is 780. The first-order chi connectivity index (χ1) is 10.8. The van der Waals surface area contributed by atoms with Gasteiger partial charge < -0.3 is 4.74 Å². The molecule has 3 aromatic rings. The molecular weight excluding hydrogens is 342 g/mol. The molecule has 0 fully saturated rings. The molecule has 0 bridgehead atoms. The van der Waals surface area contributed by atoms with E-state index in [9.17, 15) is 0 Å². The Labute approximate surface area is 139 Å². The van der Waals surface area contributed by atoms with E-state index < -0.39 is 10.2 Å². The molecular formula is C15H14ClNO5S. The minimum Gasteiger partial charge on any atom is -0.446 e. The average Bonchev–Trinajstić information content (AvgIpc) is 2.84. The zero-order chi connectivity index (χ0) is 17.0. The van der Waals surface area contributed by atoms with Gasteiger partial charge in [-0.25, -0.2) is 18.6 Å². The smallest absolute Gasteiger partial charge is 0.392 e. The summed E-state index contributed by atoms with van der Waals surface area (Å²) in [6.45, 7) is 2.11. The third kappa shape index (κ3) is 4.87. The van der Waals surface area contributed by atoms with Crippen molar-refractivity contribution in [1.29, 1.82) is 0 Å². The molecule has 0 aliphatic carbocycles. The van der Waals surface area contributed by atoms with E-state index in [1.807, 2.05) is 6.07 Å². The third-order valence-corrected chi connectivity index (χ3v) is 4.06. The number of aromatic nitrogens is 1. The topological polar surface area (TPSA) is 106 Å². The van der Waals surface area contributed by atoms with Crippen LogP contribution in [0.3, 0.4) is 0 Å². The number of aryl methyl sites for hydroxylation is 1. The molecule has 6 nitrogen and oxygen atoms in total. The summed E-state index contributed by atoms with van der Waals surface area (Å²) >= 11 is 1.75. The summed E-state index contributed by atoms with van der Waals surface area (Å²) in [5.41, 5.74) is 2.46. The molecule has 2 aromatic heterocycles. The minimum absolute atomic E-state index is 0.904. The number of rotatable bonds is 2. The summed E-state index contributed by atoms with van der Waals surface area (Å²) < 4.78 is 41.6. The number of methoxy groups -OCH3 is 1. The van der Waals surface area contributed by atoms with E-state index in [0.717, 1.165) is 5.88 Å². The van der Waals surface area contributed by atoms with Crippen LogP contribution in [0.15, 0.2) is 48.7 Å². The predicted molar refractivity (Wildman–Crippen MR) is 74.2 cm³/mol. The maximum Gasteiger partial charge on any atom is 0.392 e. The third-order valence-electron chi connectivity index (χ3n) is 2.92. The van der Waals surface area contributed by atoms with Gasteiger partial charge in [0, 0.05) is 17.7 Å². The molecule has 0 atom stereocenters. The highest BCUT2D eigenvalue weighted by Gasteiger charge is 2.22. The van der Waals surface area contributed by atoms with Gasteiger partial charge in [-0.1, -0.05) is 41.7 Å². The van der Waals surface area contributed by atoms with Crippen molar-refractivity contribution in [3.63, 3.8) is 0 Å². The monoisotopic (exact) mass is 355 g/mol. The zero-order valence-corrected chi connectivity index (χ0v) is 14.0. The molecule has 0 N–H and O–H groups in total. The van der Waals surface area contributed by atoms with Gasteiger partial charge in [0.05, 0.1) is 7.11 Å². The van der Waals surface area contributed by atoms with Gasteiger partial charge in [0.1, 0.15) is 0 Å². The lowest BCUT2D eigenvalue weighted by atomic mass is 10.2. The second kappa shape index (κ2) is 7.22. The van der Waals surface area contributed by atoms with Crippen molar-refractivity contribution >= 4 is 16.2 Å². The van der Waals surface area contributed by atoms with Crippen molar-refractivity contribution in [2.45, 2.75) is 6.92 Å². The Kier molecular flexibility index (Phi) is 5.53. The van der Waals surface area contributed by atoms with Crippen LogP contribution in [0, 0.1) is 17.2 Å². The van der Waals surface area contributed by atoms with Gasteiger partial charge in [-0.2, -0.15) is 0 Å². The number of fused-ring (bicyclic) bond motifs is 1. The van der Waals surface area contributed by atoms with Crippen molar-refractivity contribution in [1.82, 2.24) is 0 Å². The summed E-state index contributed by atoms with van der Waals surface area (Å²) in [7, 11) is -3.22. The maximum atomic E-state index is 8.49. The normalized spacial score (nSPS) is 11.0. The van der Waals surface area contributed by atoms with Crippen molar-refractivity contribution in [3.05, 3.63) is 54.2 Å². The second-order valence-corrected chi connectivity index (χ2v) is 6.38. The molecule has 0 saturated carbocycles. The number of nitrogens with zero attached hydrogens (tertiary/aromatic N) is 1. The van der Waals surface area contributed by atoms with E-state index in [0.29, 0.717) is 0 Å². The summed E-state index contributed by atoms with van der Waals surface area (Å²) in [5, 5.41) is 0. The van der Waals surface area contributed by atoms with Crippen molar-refractivity contribution in [3.8, 4) is 16.3 Å². The second-order valence-electron chi connectivity index (χ2n) is 4.60. The zero-order valence-electron chi connectivity index (χ0n) is 12.4. The lowest BCUT2D eigenvalue weighted by Gasteiger charge is -2.17. The highest BCUT2D eigenvalue weighted by atomic mass is 35.7. The molecule has 23 heavy (non-hydrogen) atoms. The fourth-order valence-electron chi connectivity index (χ4n) is 2.05. The van der Waals surface area contributed by atoms with Crippen molar-refractivity contribution < 1.29 is 38.0 Å². The van der Waals surface area contributed by atoms with Crippen LogP contribution in [0.2, 0.25) is 0 Å². The highest BCUT2D eigenvalue weighted by molar-refractivity contribution is 7.20.